The van der Waals surface area contributed by atoms with Crippen LogP contribution in [0.15, 0.2) is 42.1 Å². The molecule has 0 spiro atoms. The van der Waals surface area contributed by atoms with Crippen molar-refractivity contribution in [1.82, 2.24) is 14.8 Å². The number of para-hydroxylation sites is 1. The molecule has 2 rings (SSSR count). The molecule has 0 aliphatic carbocycles. The highest BCUT2D eigenvalue weighted by Crippen LogP contribution is 2.21. The van der Waals surface area contributed by atoms with Gasteiger partial charge < -0.3 is 0 Å². The average molecular weight is 336 g/mol. The molecule has 8 heteroatoms. The topological polar surface area (TPSA) is 81.4 Å². The maximum atomic E-state index is 11.9. The zero-order valence-electron chi connectivity index (χ0n) is 13.2. The van der Waals surface area contributed by atoms with Crippen molar-refractivity contribution in [1.29, 1.82) is 0 Å². The van der Waals surface area contributed by atoms with Gasteiger partial charge in [-0.2, -0.15) is 5.10 Å². The second-order valence-corrected chi connectivity index (χ2v) is 6.27. The third kappa shape index (κ3) is 5.07. The summed E-state index contributed by atoms with van der Waals surface area (Å²) in [4.78, 5) is 20.7. The molecule has 0 aliphatic rings. The summed E-state index contributed by atoms with van der Waals surface area (Å²) in [6, 6.07) is 6.88. The minimum Gasteiger partial charge on any atom is -0.298 e. The number of halogens is 1. The van der Waals surface area contributed by atoms with Crippen LogP contribution in [0.4, 0.5) is 10.5 Å². The Kier molecular flexibility index (Phi) is 5.33. The van der Waals surface area contributed by atoms with Gasteiger partial charge in [0.25, 0.3) is 0 Å². The molecule has 1 amide bonds. The summed E-state index contributed by atoms with van der Waals surface area (Å²) in [5.41, 5.74) is 0.816. The summed E-state index contributed by atoms with van der Waals surface area (Å²) in [6.07, 6.45) is 2.30. The smallest absolute Gasteiger partial charge is 0.298 e. The number of hydrogen-bond acceptors (Lipinski definition) is 5. The molecule has 0 aliphatic heterocycles. The number of benzene rings is 1. The Balaban J connectivity index is 2.05. The van der Waals surface area contributed by atoms with E-state index in [0.29, 0.717) is 23.0 Å². The largest absolute Gasteiger partial charge is 0.437 e. The van der Waals surface area contributed by atoms with Crippen LogP contribution in [-0.2, 0) is 11.4 Å². The lowest BCUT2D eigenvalue weighted by Gasteiger charge is -2.20. The van der Waals surface area contributed by atoms with Crippen LogP contribution in [0.5, 0.6) is 0 Å². The predicted molar refractivity (Wildman–Crippen MR) is 88.5 cm³/mol. The van der Waals surface area contributed by atoms with Crippen molar-refractivity contribution in [3.05, 3.63) is 41.9 Å². The van der Waals surface area contributed by atoms with Crippen molar-refractivity contribution < 1.29 is 9.63 Å². The van der Waals surface area contributed by atoms with E-state index in [2.05, 4.69) is 20.6 Å². The molecule has 0 fully saturated rings. The summed E-state index contributed by atoms with van der Waals surface area (Å²) in [7, 11) is 0. The van der Waals surface area contributed by atoms with Gasteiger partial charge in [0.15, 0.2) is 0 Å². The fourth-order valence-corrected chi connectivity index (χ4v) is 1.85. The molecule has 0 saturated carbocycles. The zero-order chi connectivity index (χ0) is 16.9. The van der Waals surface area contributed by atoms with E-state index in [1.54, 1.807) is 35.3 Å². The first-order valence-electron chi connectivity index (χ1n) is 6.98. The third-order valence-electron chi connectivity index (χ3n) is 2.99. The van der Waals surface area contributed by atoms with Crippen molar-refractivity contribution in [3.63, 3.8) is 0 Å². The number of aromatic nitrogens is 3. The molecular formula is C15H18ClN5O2. The number of rotatable bonds is 4. The second kappa shape index (κ2) is 7.23. The lowest BCUT2D eigenvalue weighted by Crippen LogP contribution is -2.27. The van der Waals surface area contributed by atoms with Crippen LogP contribution < -0.4 is 5.32 Å². The highest BCUT2D eigenvalue weighted by molar-refractivity contribution is 6.33. The quantitative estimate of drug-likeness (QED) is 0.526. The molecule has 1 N–H and O–H groups in total. The van der Waals surface area contributed by atoms with E-state index in [-0.39, 0.29) is 5.41 Å². The number of nitrogens with zero attached hydrogens (tertiary/aromatic N) is 4. The highest BCUT2D eigenvalue weighted by atomic mass is 35.5. The average Bonchev–Trinajstić information content (AvgIpc) is 2.98. The number of anilines is 1. The summed E-state index contributed by atoms with van der Waals surface area (Å²) in [5.74, 6) is 0. The fourth-order valence-electron chi connectivity index (χ4n) is 1.66. The lowest BCUT2D eigenvalue weighted by atomic mass is 9.90. The molecule has 23 heavy (non-hydrogen) atoms. The van der Waals surface area contributed by atoms with Crippen LogP contribution in [0.2, 0.25) is 5.02 Å². The number of amides is 1. The van der Waals surface area contributed by atoms with Crippen LogP contribution in [0.25, 0.3) is 0 Å². The molecule has 7 nitrogen and oxygen atoms in total. The van der Waals surface area contributed by atoms with Gasteiger partial charge in [-0.25, -0.2) is 14.5 Å². The van der Waals surface area contributed by atoms with Gasteiger partial charge in [-0.1, -0.05) is 49.7 Å². The molecular weight excluding hydrogens is 318 g/mol. The van der Waals surface area contributed by atoms with Crippen LogP contribution in [0.1, 0.15) is 20.8 Å². The fraction of sp³-hybridized carbons (Fsp3) is 0.333. The summed E-state index contributed by atoms with van der Waals surface area (Å²) in [6.45, 7) is 6.29. The Morgan fingerprint density at radius 3 is 2.74 bits per heavy atom. The van der Waals surface area contributed by atoms with Gasteiger partial charge in [0.05, 0.1) is 23.0 Å². The van der Waals surface area contributed by atoms with Gasteiger partial charge in [-0.3, -0.25) is 10.2 Å². The molecule has 0 bridgehead atoms. The maximum Gasteiger partial charge on any atom is 0.437 e. The van der Waals surface area contributed by atoms with Crippen LogP contribution >= 0.6 is 11.6 Å². The van der Waals surface area contributed by atoms with Gasteiger partial charge in [-0.05, 0) is 12.1 Å². The van der Waals surface area contributed by atoms with Gasteiger partial charge >= 0.3 is 6.09 Å². The third-order valence-corrected chi connectivity index (χ3v) is 3.32. The van der Waals surface area contributed by atoms with Crippen molar-refractivity contribution >= 4 is 29.1 Å². The molecule has 122 valence electrons. The highest BCUT2D eigenvalue weighted by Gasteiger charge is 2.21. The number of oxime groups is 1. The van der Waals surface area contributed by atoms with Crippen molar-refractivity contribution in [2.24, 2.45) is 10.6 Å². The summed E-state index contributed by atoms with van der Waals surface area (Å²) < 4.78 is 1.61. The first kappa shape index (κ1) is 17.0. The Morgan fingerprint density at radius 1 is 1.39 bits per heavy atom. The second-order valence-electron chi connectivity index (χ2n) is 5.86. The molecule has 0 radical (unpaired) electrons. The maximum absolute atomic E-state index is 11.9. The molecule has 0 saturated heterocycles. The molecule has 1 aromatic carbocycles. The number of hydrogen-bond donors (Lipinski definition) is 1. The first-order valence-corrected chi connectivity index (χ1v) is 7.36. The van der Waals surface area contributed by atoms with E-state index in [9.17, 15) is 4.79 Å². The number of carbonyl (C=O) groups excluding carboxylic acids is 1. The molecule has 1 heterocycles. The van der Waals surface area contributed by atoms with Crippen molar-refractivity contribution in [2.45, 2.75) is 27.3 Å². The van der Waals surface area contributed by atoms with Crippen molar-refractivity contribution in [3.8, 4) is 0 Å². The Morgan fingerprint density at radius 2 is 2.13 bits per heavy atom. The molecule has 0 atom stereocenters. The lowest BCUT2D eigenvalue weighted by molar-refractivity contribution is 0.164. The monoisotopic (exact) mass is 335 g/mol. The van der Waals surface area contributed by atoms with E-state index < -0.39 is 6.09 Å². The Hall–Kier alpha value is -2.41. The molecule has 1 aromatic heterocycles. The minimum absolute atomic E-state index is 0.295. The SMILES string of the molecule is CC(C)(C)C(Cn1cncn1)=NOC(=O)Nc1ccccc1Cl. The van der Waals surface area contributed by atoms with Gasteiger partial charge in [0.1, 0.15) is 12.7 Å². The predicted octanol–water partition coefficient (Wildman–Crippen LogP) is 3.58. The van der Waals surface area contributed by atoms with E-state index in [1.807, 2.05) is 20.8 Å². The number of nitrogens with one attached hydrogen (secondary N) is 1. The van der Waals surface area contributed by atoms with Gasteiger partial charge in [0.2, 0.25) is 0 Å². The molecule has 0 unspecified atom stereocenters. The van der Waals surface area contributed by atoms with Gasteiger partial charge in [0, 0.05) is 5.41 Å². The van der Waals surface area contributed by atoms with Gasteiger partial charge in [-0.15, -0.1) is 0 Å². The normalized spacial score (nSPS) is 12.1. The summed E-state index contributed by atoms with van der Waals surface area (Å²) >= 11 is 5.97. The zero-order valence-corrected chi connectivity index (χ0v) is 13.9. The van der Waals surface area contributed by atoms with E-state index in [0.717, 1.165) is 0 Å². The first-order chi connectivity index (χ1) is 10.9. The Labute approximate surface area is 139 Å². The molecule has 2 aromatic rings. The standard InChI is InChI=1S/C15H18ClN5O2/c1-15(2,3)13(8-21-10-17-9-18-21)20-23-14(22)19-12-7-5-4-6-11(12)16/h4-7,9-10H,8H2,1-3H3,(H,19,22). The van der Waals surface area contributed by atoms with E-state index in [1.165, 1.54) is 6.33 Å². The van der Waals surface area contributed by atoms with Crippen LogP contribution in [0.3, 0.4) is 0 Å². The van der Waals surface area contributed by atoms with E-state index >= 15 is 0 Å². The Bertz CT molecular complexity index is 692. The van der Waals surface area contributed by atoms with Crippen molar-refractivity contribution in [2.75, 3.05) is 5.32 Å². The summed E-state index contributed by atoms with van der Waals surface area (Å²) in [5, 5.41) is 11.0. The van der Waals surface area contributed by atoms with E-state index in [4.69, 9.17) is 16.4 Å². The number of carbonyl (C=O) groups is 1. The van der Waals surface area contributed by atoms with Crippen LogP contribution in [0, 0.1) is 5.41 Å². The minimum atomic E-state index is -0.710. The van der Waals surface area contributed by atoms with Crippen LogP contribution in [-0.4, -0.2) is 26.6 Å².